The molecule has 0 amide bonds. The summed E-state index contributed by atoms with van der Waals surface area (Å²) in [6.45, 7) is 9.50. The Bertz CT molecular complexity index is 298. The summed E-state index contributed by atoms with van der Waals surface area (Å²) in [5, 5.41) is 0. The first kappa shape index (κ1) is 13.6. The summed E-state index contributed by atoms with van der Waals surface area (Å²) in [6.07, 6.45) is 10.9. The van der Waals surface area contributed by atoms with Crippen LogP contribution in [0.5, 0.6) is 0 Å². The summed E-state index contributed by atoms with van der Waals surface area (Å²) >= 11 is 3.74. The van der Waals surface area contributed by atoms with Crippen LogP contribution in [0.4, 0.5) is 0 Å². The molecule has 98 valence electrons. The van der Waals surface area contributed by atoms with Crippen molar-refractivity contribution < 1.29 is 0 Å². The van der Waals surface area contributed by atoms with Gasteiger partial charge in [-0.25, -0.2) is 0 Å². The first-order chi connectivity index (χ1) is 7.81. The van der Waals surface area contributed by atoms with E-state index >= 15 is 0 Å². The van der Waals surface area contributed by atoms with Gasteiger partial charge < -0.3 is 0 Å². The monoisotopic (exact) mass is 298 g/mol. The zero-order valence-corrected chi connectivity index (χ0v) is 13.4. The van der Waals surface area contributed by atoms with Gasteiger partial charge in [-0.15, -0.1) is 0 Å². The van der Waals surface area contributed by atoms with Crippen molar-refractivity contribution in [3.05, 3.63) is 11.6 Å². The standard InChI is InChI=1S/C16H27Br/c1-15(2,17)11-5-6-14-12-7-9-13(10-8-12)16(14,3)4/h6,12-13H,5,7-11H2,1-4H3. The van der Waals surface area contributed by atoms with Crippen molar-refractivity contribution >= 4 is 15.9 Å². The first-order valence-electron chi connectivity index (χ1n) is 7.20. The van der Waals surface area contributed by atoms with E-state index in [1.807, 2.05) is 0 Å². The van der Waals surface area contributed by atoms with Crippen LogP contribution < -0.4 is 0 Å². The maximum Gasteiger partial charge on any atom is 0.0204 e. The van der Waals surface area contributed by atoms with E-state index in [1.165, 1.54) is 38.5 Å². The number of allylic oxidation sites excluding steroid dienone is 2. The van der Waals surface area contributed by atoms with E-state index in [4.69, 9.17) is 0 Å². The van der Waals surface area contributed by atoms with Crippen LogP contribution in [0.3, 0.4) is 0 Å². The second kappa shape index (κ2) is 4.72. The molecule has 0 saturated heterocycles. The molecule has 0 atom stereocenters. The highest BCUT2D eigenvalue weighted by Gasteiger charge is 2.44. The molecule has 0 aromatic carbocycles. The fourth-order valence-corrected chi connectivity index (χ4v) is 4.12. The van der Waals surface area contributed by atoms with Crippen LogP contribution in [0.1, 0.15) is 66.2 Å². The Morgan fingerprint density at radius 2 is 1.82 bits per heavy atom. The largest absolute Gasteiger partial charge is 0.0859 e. The highest BCUT2D eigenvalue weighted by molar-refractivity contribution is 9.10. The molecule has 0 radical (unpaired) electrons. The molecule has 0 aromatic heterocycles. The predicted octanol–water partition coefficient (Wildman–Crippen LogP) is 5.71. The maximum atomic E-state index is 3.74. The van der Waals surface area contributed by atoms with Gasteiger partial charge in [0.1, 0.15) is 0 Å². The van der Waals surface area contributed by atoms with Crippen LogP contribution in [-0.4, -0.2) is 4.32 Å². The van der Waals surface area contributed by atoms with Gasteiger partial charge in [-0.1, -0.05) is 55.3 Å². The van der Waals surface area contributed by atoms with Gasteiger partial charge in [-0.2, -0.15) is 0 Å². The van der Waals surface area contributed by atoms with Crippen molar-refractivity contribution in [3.8, 4) is 0 Å². The second-order valence-electron chi connectivity index (χ2n) is 7.19. The Balaban J connectivity index is 2.06. The number of hydrogen-bond acceptors (Lipinski definition) is 0. The normalized spacial score (nSPS) is 34.3. The number of alkyl halides is 1. The van der Waals surface area contributed by atoms with Crippen molar-refractivity contribution in [1.29, 1.82) is 0 Å². The molecule has 3 aliphatic rings. The van der Waals surface area contributed by atoms with Gasteiger partial charge >= 0.3 is 0 Å². The minimum absolute atomic E-state index is 0.294. The molecule has 0 aromatic rings. The topological polar surface area (TPSA) is 0 Å². The van der Waals surface area contributed by atoms with Crippen molar-refractivity contribution in [1.82, 2.24) is 0 Å². The molecule has 17 heavy (non-hydrogen) atoms. The summed E-state index contributed by atoms with van der Waals surface area (Å²) in [7, 11) is 0. The highest BCUT2D eigenvalue weighted by Crippen LogP contribution is 2.55. The minimum Gasteiger partial charge on any atom is -0.0859 e. The lowest BCUT2D eigenvalue weighted by Crippen LogP contribution is -2.40. The smallest absolute Gasteiger partial charge is 0.0204 e. The molecule has 3 aliphatic carbocycles. The van der Waals surface area contributed by atoms with Gasteiger partial charge in [0, 0.05) is 4.32 Å². The number of fused-ring (bicyclic) bond motifs is 3. The lowest BCUT2D eigenvalue weighted by Gasteiger charge is -2.50. The van der Waals surface area contributed by atoms with Crippen LogP contribution in [0.2, 0.25) is 0 Å². The molecular weight excluding hydrogens is 272 g/mol. The second-order valence-corrected chi connectivity index (χ2v) is 9.33. The lowest BCUT2D eigenvalue weighted by atomic mass is 9.54. The van der Waals surface area contributed by atoms with Gasteiger partial charge in [0.25, 0.3) is 0 Å². The number of halogens is 1. The fourth-order valence-electron chi connectivity index (χ4n) is 3.89. The van der Waals surface area contributed by atoms with Gasteiger partial charge in [-0.05, 0) is 55.8 Å². The highest BCUT2D eigenvalue weighted by atomic mass is 79.9. The molecule has 0 N–H and O–H groups in total. The summed E-state index contributed by atoms with van der Waals surface area (Å²) < 4.78 is 0.294. The third kappa shape index (κ3) is 2.97. The molecule has 3 saturated carbocycles. The summed E-state index contributed by atoms with van der Waals surface area (Å²) in [6, 6.07) is 0. The van der Waals surface area contributed by atoms with Crippen LogP contribution in [-0.2, 0) is 0 Å². The molecular formula is C16H27Br. The van der Waals surface area contributed by atoms with E-state index in [2.05, 4.69) is 49.7 Å². The van der Waals surface area contributed by atoms with Gasteiger partial charge in [0.05, 0.1) is 0 Å². The average Bonchev–Trinajstić information content (AvgIpc) is 2.21. The number of rotatable bonds is 3. The molecule has 0 spiro atoms. The molecule has 3 fully saturated rings. The zero-order valence-electron chi connectivity index (χ0n) is 11.9. The van der Waals surface area contributed by atoms with E-state index in [0.717, 1.165) is 11.8 Å². The average molecular weight is 299 g/mol. The molecule has 0 unspecified atom stereocenters. The molecule has 1 heteroatoms. The zero-order chi connectivity index (χ0) is 12.7. The van der Waals surface area contributed by atoms with E-state index < -0.39 is 0 Å². The Morgan fingerprint density at radius 3 is 2.29 bits per heavy atom. The van der Waals surface area contributed by atoms with Crippen molar-refractivity contribution in [2.24, 2.45) is 17.3 Å². The summed E-state index contributed by atoms with van der Waals surface area (Å²) in [4.78, 5) is 0. The summed E-state index contributed by atoms with van der Waals surface area (Å²) in [5.41, 5.74) is 2.27. The molecule has 0 nitrogen and oxygen atoms in total. The van der Waals surface area contributed by atoms with Gasteiger partial charge in [0.2, 0.25) is 0 Å². The molecule has 3 rings (SSSR count). The van der Waals surface area contributed by atoms with Crippen LogP contribution >= 0.6 is 15.9 Å². The molecule has 2 bridgehead atoms. The lowest BCUT2D eigenvalue weighted by molar-refractivity contribution is 0.101. The van der Waals surface area contributed by atoms with Crippen molar-refractivity contribution in [2.45, 2.75) is 70.5 Å². The SMILES string of the molecule is CC(C)(Br)CCC=C1C2CCC(CC2)C1(C)C. The summed E-state index contributed by atoms with van der Waals surface area (Å²) in [5.74, 6) is 1.86. The molecule has 0 heterocycles. The Labute approximate surface area is 115 Å². The quantitative estimate of drug-likeness (QED) is 0.462. The van der Waals surface area contributed by atoms with Gasteiger partial charge in [0.15, 0.2) is 0 Å². The fraction of sp³-hybridized carbons (Fsp3) is 0.875. The Morgan fingerprint density at radius 1 is 1.24 bits per heavy atom. The number of hydrogen-bond donors (Lipinski definition) is 0. The van der Waals surface area contributed by atoms with Crippen molar-refractivity contribution in [2.75, 3.05) is 0 Å². The third-order valence-electron chi connectivity index (χ3n) is 5.03. The van der Waals surface area contributed by atoms with Crippen LogP contribution in [0.15, 0.2) is 11.6 Å². The van der Waals surface area contributed by atoms with Crippen molar-refractivity contribution in [3.63, 3.8) is 0 Å². The molecule has 0 aliphatic heterocycles. The van der Waals surface area contributed by atoms with E-state index in [-0.39, 0.29) is 0 Å². The Hall–Kier alpha value is 0.220. The van der Waals surface area contributed by atoms with Crippen LogP contribution in [0, 0.1) is 17.3 Å². The Kier molecular flexibility index (Phi) is 3.79. The minimum atomic E-state index is 0.294. The van der Waals surface area contributed by atoms with E-state index in [9.17, 15) is 0 Å². The van der Waals surface area contributed by atoms with Gasteiger partial charge in [-0.3, -0.25) is 0 Å². The maximum absolute atomic E-state index is 3.74. The van der Waals surface area contributed by atoms with Crippen LogP contribution in [0.25, 0.3) is 0 Å². The van der Waals surface area contributed by atoms with E-state index in [0.29, 0.717) is 9.74 Å². The van der Waals surface area contributed by atoms with E-state index in [1.54, 1.807) is 5.57 Å². The predicted molar refractivity (Wildman–Crippen MR) is 79.6 cm³/mol. The first-order valence-corrected chi connectivity index (χ1v) is 7.99. The third-order valence-corrected chi connectivity index (χ3v) is 5.43.